The molecular weight excluding hydrogens is 334 g/mol. The molecule has 0 fully saturated rings. The number of hydrogen-bond acceptors (Lipinski definition) is 4. The van der Waals surface area contributed by atoms with Crippen molar-refractivity contribution < 1.29 is 17.2 Å². The fraction of sp³-hybridized carbons (Fsp3) is 0.294. The SMILES string of the molecule is CCCNc1ccc(CNc2ccc(S(=O)(=O)C(F)F)cc2)cc1. The van der Waals surface area contributed by atoms with Gasteiger partial charge in [-0.15, -0.1) is 0 Å². The Hall–Kier alpha value is -2.15. The number of anilines is 2. The second-order valence-corrected chi connectivity index (χ2v) is 7.23. The number of sulfone groups is 1. The van der Waals surface area contributed by atoms with Gasteiger partial charge in [-0.05, 0) is 48.4 Å². The van der Waals surface area contributed by atoms with E-state index in [2.05, 4.69) is 17.6 Å². The topological polar surface area (TPSA) is 58.2 Å². The maximum absolute atomic E-state index is 12.5. The molecule has 0 aromatic heterocycles. The van der Waals surface area contributed by atoms with Crippen molar-refractivity contribution in [3.05, 3.63) is 54.1 Å². The number of benzene rings is 2. The van der Waals surface area contributed by atoms with E-state index in [0.29, 0.717) is 12.2 Å². The Morgan fingerprint density at radius 2 is 1.46 bits per heavy atom. The second kappa shape index (κ2) is 8.10. The summed E-state index contributed by atoms with van der Waals surface area (Å²) in [6, 6.07) is 13.3. The summed E-state index contributed by atoms with van der Waals surface area (Å²) in [6.07, 6.45) is 1.06. The van der Waals surface area contributed by atoms with Gasteiger partial charge in [-0.2, -0.15) is 8.78 Å². The fourth-order valence-corrected chi connectivity index (χ4v) is 2.80. The smallest absolute Gasteiger partial charge is 0.341 e. The minimum atomic E-state index is -4.54. The lowest BCUT2D eigenvalue weighted by Crippen LogP contribution is -2.11. The van der Waals surface area contributed by atoms with Crippen LogP contribution >= 0.6 is 0 Å². The van der Waals surface area contributed by atoms with Crippen LogP contribution in [0, 0.1) is 0 Å². The van der Waals surface area contributed by atoms with Crippen LogP contribution in [0.2, 0.25) is 0 Å². The van der Waals surface area contributed by atoms with E-state index in [1.165, 1.54) is 24.3 Å². The van der Waals surface area contributed by atoms with Crippen LogP contribution in [0.3, 0.4) is 0 Å². The van der Waals surface area contributed by atoms with Crippen LogP contribution in [-0.4, -0.2) is 20.7 Å². The highest BCUT2D eigenvalue weighted by Crippen LogP contribution is 2.20. The Kier molecular flexibility index (Phi) is 6.14. The van der Waals surface area contributed by atoms with Gasteiger partial charge in [0.25, 0.3) is 0 Å². The van der Waals surface area contributed by atoms with E-state index >= 15 is 0 Å². The maximum Gasteiger partial charge on any atom is 0.341 e. The molecule has 130 valence electrons. The Morgan fingerprint density at radius 3 is 2.00 bits per heavy atom. The average molecular weight is 354 g/mol. The molecule has 2 N–H and O–H groups in total. The fourth-order valence-electron chi connectivity index (χ4n) is 2.08. The van der Waals surface area contributed by atoms with E-state index in [-0.39, 0.29) is 4.90 Å². The first-order valence-corrected chi connectivity index (χ1v) is 9.17. The van der Waals surface area contributed by atoms with E-state index in [0.717, 1.165) is 24.2 Å². The lowest BCUT2D eigenvalue weighted by Gasteiger charge is -2.09. The summed E-state index contributed by atoms with van der Waals surface area (Å²) in [5.41, 5.74) is 2.78. The zero-order valence-corrected chi connectivity index (χ0v) is 14.1. The highest BCUT2D eigenvalue weighted by Gasteiger charge is 2.26. The number of alkyl halides is 2. The van der Waals surface area contributed by atoms with E-state index in [4.69, 9.17) is 0 Å². The molecule has 0 bridgehead atoms. The van der Waals surface area contributed by atoms with E-state index < -0.39 is 15.6 Å². The molecule has 0 unspecified atom stereocenters. The van der Waals surface area contributed by atoms with Crippen LogP contribution in [0.5, 0.6) is 0 Å². The highest BCUT2D eigenvalue weighted by molar-refractivity contribution is 7.91. The zero-order valence-electron chi connectivity index (χ0n) is 13.3. The van der Waals surface area contributed by atoms with Crippen molar-refractivity contribution in [1.29, 1.82) is 0 Å². The number of hydrogen-bond donors (Lipinski definition) is 2. The molecule has 0 spiro atoms. The standard InChI is InChI=1S/C17H20F2N2O2S/c1-2-11-20-14-5-3-13(4-6-14)12-21-15-7-9-16(10-8-15)24(22,23)17(18)19/h3-10,17,20-21H,2,11-12H2,1H3. The normalized spacial score (nSPS) is 11.5. The van der Waals surface area contributed by atoms with Crippen LogP contribution in [0.15, 0.2) is 53.4 Å². The minimum absolute atomic E-state index is 0.380. The van der Waals surface area contributed by atoms with Gasteiger partial charge in [-0.3, -0.25) is 0 Å². The van der Waals surface area contributed by atoms with E-state index in [1.807, 2.05) is 24.3 Å². The molecule has 0 amide bonds. The molecule has 7 heteroatoms. The van der Waals surface area contributed by atoms with Crippen molar-refractivity contribution in [2.45, 2.75) is 30.5 Å². The van der Waals surface area contributed by atoms with E-state index in [9.17, 15) is 17.2 Å². The molecule has 0 aliphatic rings. The molecule has 4 nitrogen and oxygen atoms in total. The summed E-state index contributed by atoms with van der Waals surface area (Å²) in [4.78, 5) is -0.380. The van der Waals surface area contributed by atoms with Crippen molar-refractivity contribution in [2.75, 3.05) is 17.2 Å². The summed E-state index contributed by atoms with van der Waals surface area (Å²) in [6.45, 7) is 3.57. The largest absolute Gasteiger partial charge is 0.385 e. The average Bonchev–Trinajstić information content (AvgIpc) is 2.59. The third kappa shape index (κ3) is 4.67. The Morgan fingerprint density at radius 1 is 0.917 bits per heavy atom. The van der Waals surface area contributed by atoms with Crippen LogP contribution in [0.25, 0.3) is 0 Å². The summed E-state index contributed by atoms with van der Waals surface area (Å²) < 4.78 is 47.6. The molecule has 0 saturated heterocycles. The van der Waals surface area contributed by atoms with Crippen LogP contribution in [-0.2, 0) is 16.4 Å². The molecule has 0 atom stereocenters. The molecular formula is C17H20F2N2O2S. The molecule has 0 radical (unpaired) electrons. The highest BCUT2D eigenvalue weighted by atomic mass is 32.2. The first kappa shape index (κ1) is 18.2. The number of halogens is 2. The molecule has 24 heavy (non-hydrogen) atoms. The Bertz CT molecular complexity index is 745. The van der Waals surface area contributed by atoms with Crippen molar-refractivity contribution >= 4 is 21.2 Å². The third-order valence-electron chi connectivity index (χ3n) is 3.45. The molecule has 0 aliphatic heterocycles. The maximum atomic E-state index is 12.5. The molecule has 2 aromatic carbocycles. The quantitative estimate of drug-likeness (QED) is 0.749. The lowest BCUT2D eigenvalue weighted by atomic mass is 10.2. The number of rotatable bonds is 8. The van der Waals surface area contributed by atoms with Crippen LogP contribution in [0.1, 0.15) is 18.9 Å². The van der Waals surface area contributed by atoms with E-state index in [1.54, 1.807) is 0 Å². The van der Waals surface area contributed by atoms with Gasteiger partial charge in [0.05, 0.1) is 4.90 Å². The zero-order chi connectivity index (χ0) is 17.6. The van der Waals surface area contributed by atoms with Gasteiger partial charge in [-0.25, -0.2) is 8.42 Å². The molecule has 2 rings (SSSR count). The van der Waals surface area contributed by atoms with Crippen molar-refractivity contribution in [1.82, 2.24) is 0 Å². The first-order valence-electron chi connectivity index (χ1n) is 7.62. The predicted octanol–water partition coefficient (Wildman–Crippen LogP) is 4.12. The molecule has 2 aromatic rings. The van der Waals surface area contributed by atoms with Gasteiger partial charge in [0.2, 0.25) is 9.84 Å². The molecule has 0 saturated carbocycles. The summed E-state index contributed by atoms with van der Waals surface area (Å²) >= 11 is 0. The minimum Gasteiger partial charge on any atom is -0.385 e. The van der Waals surface area contributed by atoms with Gasteiger partial charge in [0, 0.05) is 24.5 Å². The van der Waals surface area contributed by atoms with Crippen LogP contribution < -0.4 is 10.6 Å². The van der Waals surface area contributed by atoms with Gasteiger partial charge < -0.3 is 10.6 Å². The molecule has 0 heterocycles. The van der Waals surface area contributed by atoms with Crippen molar-refractivity contribution in [3.8, 4) is 0 Å². The summed E-state index contributed by atoms with van der Waals surface area (Å²) in [7, 11) is -4.54. The monoisotopic (exact) mass is 354 g/mol. The second-order valence-electron chi connectivity index (χ2n) is 5.31. The van der Waals surface area contributed by atoms with Gasteiger partial charge in [0.1, 0.15) is 0 Å². The predicted molar refractivity (Wildman–Crippen MR) is 92.2 cm³/mol. The van der Waals surface area contributed by atoms with Gasteiger partial charge in [-0.1, -0.05) is 19.1 Å². The number of nitrogens with one attached hydrogen (secondary N) is 2. The van der Waals surface area contributed by atoms with Gasteiger partial charge >= 0.3 is 5.76 Å². The third-order valence-corrected chi connectivity index (χ3v) is 4.85. The van der Waals surface area contributed by atoms with Crippen molar-refractivity contribution in [2.24, 2.45) is 0 Å². The summed E-state index contributed by atoms with van der Waals surface area (Å²) in [5.74, 6) is -3.41. The molecule has 0 aliphatic carbocycles. The van der Waals surface area contributed by atoms with Gasteiger partial charge in [0.15, 0.2) is 0 Å². The van der Waals surface area contributed by atoms with Crippen molar-refractivity contribution in [3.63, 3.8) is 0 Å². The Labute approximate surface area is 140 Å². The first-order chi connectivity index (χ1) is 11.4. The van der Waals surface area contributed by atoms with Crippen LogP contribution in [0.4, 0.5) is 20.2 Å². The summed E-state index contributed by atoms with van der Waals surface area (Å²) in [5, 5.41) is 6.41. The Balaban J connectivity index is 1.95. The lowest BCUT2D eigenvalue weighted by molar-refractivity contribution is 0.234.